The smallest absolute Gasteiger partial charge is 0.394 e. The lowest BCUT2D eigenvalue weighted by Crippen LogP contribution is -2.40. The minimum atomic E-state index is -4.21. The first kappa shape index (κ1) is 28.9. The zero-order valence-corrected chi connectivity index (χ0v) is 24.9. The largest absolute Gasteiger partial charge is 0.477 e. The monoisotopic (exact) mass is 603 g/mol. The highest BCUT2D eigenvalue weighted by molar-refractivity contribution is 7.98. The highest BCUT2D eigenvalue weighted by atomic mass is 32.2. The maximum Gasteiger partial charge on any atom is 0.394 e. The third-order valence-corrected chi connectivity index (χ3v) is 9.86. The number of ether oxygens (including phenoxy) is 1. The fourth-order valence-corrected chi connectivity index (χ4v) is 6.86. The summed E-state index contributed by atoms with van der Waals surface area (Å²) >= 11 is 1.25. The van der Waals surface area contributed by atoms with Crippen molar-refractivity contribution in [1.29, 1.82) is 0 Å². The van der Waals surface area contributed by atoms with E-state index in [0.717, 1.165) is 49.4 Å². The number of nitrogens with one attached hydrogen (secondary N) is 1. The summed E-state index contributed by atoms with van der Waals surface area (Å²) in [7, 11) is 0. The maximum atomic E-state index is 13.5. The minimum Gasteiger partial charge on any atom is -0.477 e. The molecule has 1 amide bonds. The molecule has 0 radical (unpaired) electrons. The molecule has 2 fully saturated rings. The van der Waals surface area contributed by atoms with Crippen LogP contribution in [0.15, 0.2) is 35.5 Å². The average molecular weight is 604 g/mol. The van der Waals surface area contributed by atoms with Gasteiger partial charge in [0.25, 0.3) is 5.91 Å². The topological polar surface area (TPSA) is 90.1 Å². The van der Waals surface area contributed by atoms with Gasteiger partial charge in [0.2, 0.25) is 5.88 Å². The van der Waals surface area contributed by atoms with Crippen LogP contribution in [0.3, 0.4) is 0 Å². The number of carbonyl (C=O) groups is 1. The van der Waals surface area contributed by atoms with Crippen LogP contribution < -0.4 is 14.4 Å². The number of aromatic nitrogens is 5. The van der Waals surface area contributed by atoms with Gasteiger partial charge < -0.3 is 9.64 Å². The molecule has 13 heteroatoms. The molecule has 3 aromatic rings. The molecule has 1 saturated carbocycles. The molecule has 1 saturated heterocycles. The van der Waals surface area contributed by atoms with Crippen molar-refractivity contribution in [2.45, 2.75) is 88.9 Å². The summed E-state index contributed by atoms with van der Waals surface area (Å²) in [6.45, 7) is 7.96. The van der Waals surface area contributed by atoms with Gasteiger partial charge in [-0.1, -0.05) is 6.42 Å². The number of anilines is 1. The molecule has 1 atom stereocenters. The van der Waals surface area contributed by atoms with E-state index in [1.807, 2.05) is 11.6 Å². The summed E-state index contributed by atoms with van der Waals surface area (Å²) in [5.74, 6) is 1.52. The molecule has 4 bridgehead atoms. The Morgan fingerprint density at radius 3 is 2.76 bits per heavy atom. The molecule has 0 spiro atoms. The van der Waals surface area contributed by atoms with Crippen LogP contribution in [0.4, 0.5) is 19.0 Å². The van der Waals surface area contributed by atoms with Crippen molar-refractivity contribution < 1.29 is 22.7 Å². The van der Waals surface area contributed by atoms with Gasteiger partial charge in [0.05, 0.1) is 34.4 Å². The Bertz CT molecular complexity index is 1460. The molecule has 6 rings (SSSR count). The lowest BCUT2D eigenvalue weighted by atomic mass is 9.93. The molecule has 5 heterocycles. The standard InChI is InChI=1S/C29H36F3N7O2S/c1-19-22-17-33-38(19)13-5-4-6-20-16-27(2,3)37(18-20)25-21(26(40)36-42-22)7-8-23(34-25)39-14-9-24(35-39)41-15-12-28(10-11-28)29(30,31)32/h7-9,14,17,20H,4-6,10-13,15-16,18H2,1-3H3,(H,36,40). The first-order valence-corrected chi connectivity index (χ1v) is 15.3. The second-order valence-corrected chi connectivity index (χ2v) is 13.2. The Morgan fingerprint density at radius 1 is 1.19 bits per heavy atom. The van der Waals surface area contributed by atoms with Gasteiger partial charge in [-0.2, -0.15) is 18.3 Å². The summed E-state index contributed by atoms with van der Waals surface area (Å²) in [6.07, 6.45) is 3.66. The highest BCUT2D eigenvalue weighted by Gasteiger charge is 2.62. The zero-order valence-electron chi connectivity index (χ0n) is 24.1. The van der Waals surface area contributed by atoms with E-state index < -0.39 is 11.6 Å². The van der Waals surface area contributed by atoms with Gasteiger partial charge in [-0.15, -0.1) is 5.10 Å². The van der Waals surface area contributed by atoms with Gasteiger partial charge >= 0.3 is 6.18 Å². The quantitative estimate of drug-likeness (QED) is 0.352. The first-order valence-electron chi connectivity index (χ1n) is 14.5. The lowest BCUT2D eigenvalue weighted by Gasteiger charge is -2.34. The van der Waals surface area contributed by atoms with Crippen LogP contribution in [-0.2, 0) is 6.54 Å². The van der Waals surface area contributed by atoms with Crippen molar-refractivity contribution in [2.75, 3.05) is 18.1 Å². The number of halogens is 3. The Kier molecular flexibility index (Phi) is 7.43. The van der Waals surface area contributed by atoms with E-state index in [2.05, 4.69) is 33.7 Å². The van der Waals surface area contributed by atoms with Crippen LogP contribution in [0.2, 0.25) is 0 Å². The summed E-state index contributed by atoms with van der Waals surface area (Å²) in [5, 5.41) is 8.93. The maximum absolute atomic E-state index is 13.5. The van der Waals surface area contributed by atoms with Gasteiger partial charge in [-0.05, 0) is 89.3 Å². The van der Waals surface area contributed by atoms with E-state index in [0.29, 0.717) is 23.1 Å². The Morgan fingerprint density at radius 2 is 2.00 bits per heavy atom. The van der Waals surface area contributed by atoms with Crippen molar-refractivity contribution in [3.8, 4) is 11.7 Å². The second kappa shape index (κ2) is 10.8. The molecule has 3 aromatic heterocycles. The predicted molar refractivity (Wildman–Crippen MR) is 153 cm³/mol. The number of aryl methyl sites for hydroxylation is 1. The van der Waals surface area contributed by atoms with Crippen molar-refractivity contribution in [3.05, 3.63) is 41.9 Å². The summed E-state index contributed by atoms with van der Waals surface area (Å²) in [5.41, 5.74) is -0.336. The van der Waals surface area contributed by atoms with Crippen LogP contribution >= 0.6 is 11.9 Å². The Hall–Kier alpha value is -3.22. The van der Waals surface area contributed by atoms with Gasteiger partial charge in [-0.25, -0.2) is 9.67 Å². The van der Waals surface area contributed by atoms with E-state index in [-0.39, 0.29) is 43.2 Å². The third kappa shape index (κ3) is 5.59. The molecule has 1 unspecified atom stereocenters. The summed E-state index contributed by atoms with van der Waals surface area (Å²) < 4.78 is 51.9. The van der Waals surface area contributed by atoms with Gasteiger partial charge in [0.1, 0.15) is 5.82 Å². The lowest BCUT2D eigenvalue weighted by molar-refractivity contribution is -0.190. The van der Waals surface area contributed by atoms with E-state index in [1.165, 1.54) is 16.6 Å². The number of carbonyl (C=O) groups excluding carboxylic acids is 1. The molecule has 3 aliphatic rings. The summed E-state index contributed by atoms with van der Waals surface area (Å²) in [6, 6.07) is 5.10. The minimum absolute atomic E-state index is 0.0618. The average Bonchev–Trinajstić information content (AvgIpc) is 3.30. The number of hydrogen-bond donors (Lipinski definition) is 1. The first-order chi connectivity index (χ1) is 20.0. The molecule has 2 aliphatic heterocycles. The molecule has 1 N–H and O–H groups in total. The predicted octanol–water partition coefficient (Wildman–Crippen LogP) is 6.11. The van der Waals surface area contributed by atoms with Crippen molar-refractivity contribution in [3.63, 3.8) is 0 Å². The Balaban J connectivity index is 1.26. The Labute approximate surface area is 247 Å². The van der Waals surface area contributed by atoms with E-state index in [1.54, 1.807) is 30.6 Å². The van der Waals surface area contributed by atoms with Crippen molar-refractivity contribution in [1.82, 2.24) is 29.3 Å². The van der Waals surface area contributed by atoms with Crippen molar-refractivity contribution >= 4 is 23.7 Å². The van der Waals surface area contributed by atoms with Gasteiger partial charge in [0.15, 0.2) is 5.82 Å². The molecule has 1 aliphatic carbocycles. The number of alkyl halides is 3. The fourth-order valence-electron chi connectivity index (χ4n) is 6.20. The van der Waals surface area contributed by atoms with Crippen LogP contribution in [0.5, 0.6) is 5.88 Å². The molecular formula is C29H36F3N7O2S. The van der Waals surface area contributed by atoms with Gasteiger partial charge in [-0.3, -0.25) is 14.2 Å². The van der Waals surface area contributed by atoms with E-state index >= 15 is 0 Å². The zero-order chi connectivity index (χ0) is 29.7. The fraction of sp³-hybridized carbons (Fsp3) is 0.586. The van der Waals surface area contributed by atoms with Gasteiger partial charge in [0, 0.05) is 30.9 Å². The SMILES string of the molecule is Cc1c2cnn1CCCCC1CN(c3nc(-n4ccc(OCCC5(C(F)(F)F)CC5)n4)ccc3C(=O)NS2)C(C)(C)C1. The number of fused-ring (bicyclic) bond motifs is 6. The van der Waals surface area contributed by atoms with Crippen LogP contribution in [0, 0.1) is 18.3 Å². The number of hydrogen-bond acceptors (Lipinski definition) is 7. The van der Waals surface area contributed by atoms with E-state index in [4.69, 9.17) is 9.72 Å². The van der Waals surface area contributed by atoms with Crippen molar-refractivity contribution in [2.24, 2.45) is 11.3 Å². The van der Waals surface area contributed by atoms with Crippen LogP contribution in [-0.4, -0.2) is 55.3 Å². The summed E-state index contributed by atoms with van der Waals surface area (Å²) in [4.78, 5) is 21.6. The molecule has 226 valence electrons. The molecule has 9 nitrogen and oxygen atoms in total. The second-order valence-electron chi connectivity index (χ2n) is 12.4. The number of amides is 1. The normalized spacial score (nSPS) is 21.7. The highest BCUT2D eigenvalue weighted by Crippen LogP contribution is 2.59. The van der Waals surface area contributed by atoms with E-state index in [9.17, 15) is 18.0 Å². The van der Waals surface area contributed by atoms with Crippen LogP contribution in [0.1, 0.15) is 74.8 Å². The molecular weight excluding hydrogens is 567 g/mol. The van der Waals surface area contributed by atoms with Crippen LogP contribution in [0.25, 0.3) is 5.82 Å². The number of pyridine rings is 1. The number of rotatable bonds is 5. The molecule has 42 heavy (non-hydrogen) atoms. The molecule has 0 aromatic carbocycles. The third-order valence-electron chi connectivity index (χ3n) is 8.95. The number of nitrogens with zero attached hydrogens (tertiary/aromatic N) is 6.